The van der Waals surface area contributed by atoms with E-state index in [1.54, 1.807) is 0 Å². The molecule has 1 aliphatic heterocycles. The summed E-state index contributed by atoms with van der Waals surface area (Å²) in [6.07, 6.45) is 0.732. The minimum Gasteiger partial charge on any atom is -0.330 e. The van der Waals surface area contributed by atoms with Crippen LogP contribution in [0.25, 0.3) is 0 Å². The molecule has 70 valence electrons. The molecule has 12 heavy (non-hydrogen) atoms. The Hall–Kier alpha value is -0.180. The average Bonchev–Trinajstić information content (AvgIpc) is 1.84. The second kappa shape index (κ2) is 3.29. The Morgan fingerprint density at radius 1 is 1.58 bits per heavy atom. The molecular formula is C9H17NOS. The molecule has 1 atom stereocenters. The Bertz CT molecular complexity index is 185. The summed E-state index contributed by atoms with van der Waals surface area (Å²) in [6, 6.07) is 0. The van der Waals surface area contributed by atoms with E-state index in [9.17, 15) is 4.79 Å². The summed E-state index contributed by atoms with van der Waals surface area (Å²) in [7, 11) is 0. The average molecular weight is 187 g/mol. The fourth-order valence-corrected chi connectivity index (χ4v) is 2.75. The number of β-lactam (4-membered cyclic amide) rings is 1. The van der Waals surface area contributed by atoms with Gasteiger partial charge in [0, 0.05) is 11.3 Å². The lowest BCUT2D eigenvalue weighted by molar-refractivity contribution is -0.141. The largest absolute Gasteiger partial charge is 0.330 e. The van der Waals surface area contributed by atoms with Crippen LogP contribution in [0.5, 0.6) is 0 Å². The lowest BCUT2D eigenvalue weighted by Crippen LogP contribution is -2.51. The molecule has 0 aromatic carbocycles. The van der Waals surface area contributed by atoms with E-state index in [1.807, 2.05) is 23.6 Å². The maximum absolute atomic E-state index is 11.1. The van der Waals surface area contributed by atoms with Crippen LogP contribution in [0.2, 0.25) is 0 Å². The van der Waals surface area contributed by atoms with Crippen LogP contribution in [0.15, 0.2) is 0 Å². The van der Waals surface area contributed by atoms with E-state index in [4.69, 9.17) is 0 Å². The highest BCUT2D eigenvalue weighted by molar-refractivity contribution is 8.01. The van der Waals surface area contributed by atoms with E-state index in [0.717, 1.165) is 13.0 Å². The van der Waals surface area contributed by atoms with E-state index in [2.05, 4.69) is 20.8 Å². The van der Waals surface area contributed by atoms with Crippen LogP contribution in [0.3, 0.4) is 0 Å². The smallest absolute Gasteiger partial charge is 0.226 e. The fourth-order valence-electron chi connectivity index (χ4n) is 1.32. The van der Waals surface area contributed by atoms with Gasteiger partial charge in [0.15, 0.2) is 0 Å². The molecule has 0 aliphatic carbocycles. The molecule has 0 N–H and O–H groups in total. The molecule has 1 aliphatic rings. The molecular weight excluding hydrogens is 170 g/mol. The van der Waals surface area contributed by atoms with Gasteiger partial charge >= 0.3 is 0 Å². The molecule has 0 bridgehead atoms. The number of rotatable bonds is 2. The van der Waals surface area contributed by atoms with Gasteiger partial charge in [0.1, 0.15) is 0 Å². The lowest BCUT2D eigenvalue weighted by Gasteiger charge is -2.42. The van der Waals surface area contributed by atoms with Gasteiger partial charge in [-0.05, 0) is 6.92 Å². The van der Waals surface area contributed by atoms with Crippen molar-refractivity contribution in [2.24, 2.45) is 0 Å². The first-order valence-corrected chi connectivity index (χ1v) is 5.29. The molecule has 0 aromatic heterocycles. The third kappa shape index (κ3) is 2.16. The van der Waals surface area contributed by atoms with Crippen LogP contribution in [0.1, 0.15) is 34.1 Å². The summed E-state index contributed by atoms with van der Waals surface area (Å²) in [4.78, 5) is 13.0. The Balaban J connectivity index is 2.41. The van der Waals surface area contributed by atoms with Gasteiger partial charge in [0.2, 0.25) is 5.91 Å². The standard InChI is InChI=1S/C9H17NOS/c1-5-10-7(11)6-8(10)12-9(2,3)4/h8H,5-6H2,1-4H3. The normalized spacial score (nSPS) is 24.2. The summed E-state index contributed by atoms with van der Waals surface area (Å²) in [5.41, 5.74) is 0. The van der Waals surface area contributed by atoms with Crippen molar-refractivity contribution in [1.82, 2.24) is 4.90 Å². The molecule has 1 heterocycles. The van der Waals surface area contributed by atoms with E-state index >= 15 is 0 Å². The Morgan fingerprint density at radius 2 is 2.17 bits per heavy atom. The predicted molar refractivity (Wildman–Crippen MR) is 53.1 cm³/mol. The van der Waals surface area contributed by atoms with Crippen LogP contribution < -0.4 is 0 Å². The molecule has 0 spiro atoms. The molecule has 1 saturated heterocycles. The van der Waals surface area contributed by atoms with Gasteiger partial charge < -0.3 is 4.90 Å². The number of amides is 1. The van der Waals surface area contributed by atoms with Crippen molar-refractivity contribution in [2.75, 3.05) is 6.54 Å². The summed E-state index contributed by atoms with van der Waals surface area (Å²) in [6.45, 7) is 9.46. The number of likely N-dealkylation sites (tertiary alicyclic amines) is 1. The highest BCUT2D eigenvalue weighted by Crippen LogP contribution is 2.37. The van der Waals surface area contributed by atoms with Crippen molar-refractivity contribution in [2.45, 2.75) is 44.2 Å². The molecule has 0 radical (unpaired) electrons. The van der Waals surface area contributed by atoms with Crippen LogP contribution in [0.4, 0.5) is 0 Å². The summed E-state index contributed by atoms with van der Waals surface area (Å²) in [5.74, 6) is 0.305. The Morgan fingerprint density at radius 3 is 2.50 bits per heavy atom. The highest BCUT2D eigenvalue weighted by atomic mass is 32.2. The molecule has 1 fully saturated rings. The minimum absolute atomic E-state index is 0.263. The summed E-state index contributed by atoms with van der Waals surface area (Å²) < 4.78 is 0.263. The second-order valence-corrected chi connectivity index (χ2v) is 6.07. The third-order valence-electron chi connectivity index (χ3n) is 1.85. The number of hydrogen-bond donors (Lipinski definition) is 0. The zero-order valence-corrected chi connectivity index (χ0v) is 9.07. The maximum Gasteiger partial charge on any atom is 0.226 e. The van der Waals surface area contributed by atoms with E-state index in [1.165, 1.54) is 0 Å². The lowest BCUT2D eigenvalue weighted by atomic mass is 10.2. The van der Waals surface area contributed by atoms with Gasteiger partial charge in [-0.25, -0.2) is 0 Å². The summed E-state index contributed by atoms with van der Waals surface area (Å²) in [5, 5.41) is 0.433. The zero-order chi connectivity index (χ0) is 9.35. The SMILES string of the molecule is CCN1C(=O)CC1SC(C)(C)C. The van der Waals surface area contributed by atoms with E-state index in [-0.39, 0.29) is 4.75 Å². The van der Waals surface area contributed by atoms with E-state index in [0.29, 0.717) is 11.3 Å². The van der Waals surface area contributed by atoms with Crippen molar-refractivity contribution in [3.63, 3.8) is 0 Å². The second-order valence-electron chi connectivity index (χ2n) is 4.07. The molecule has 1 unspecified atom stereocenters. The monoisotopic (exact) mass is 187 g/mol. The van der Waals surface area contributed by atoms with Crippen LogP contribution in [0, 0.1) is 0 Å². The number of carbonyl (C=O) groups excluding carboxylic acids is 1. The number of hydrogen-bond acceptors (Lipinski definition) is 2. The molecule has 0 saturated carbocycles. The van der Waals surface area contributed by atoms with Crippen molar-refractivity contribution in [1.29, 1.82) is 0 Å². The molecule has 1 rings (SSSR count). The first kappa shape index (κ1) is 9.90. The zero-order valence-electron chi connectivity index (χ0n) is 8.26. The van der Waals surface area contributed by atoms with Gasteiger partial charge in [-0.3, -0.25) is 4.79 Å². The molecule has 3 heteroatoms. The van der Waals surface area contributed by atoms with Gasteiger partial charge in [-0.2, -0.15) is 0 Å². The topological polar surface area (TPSA) is 20.3 Å². The predicted octanol–water partition coefficient (Wildman–Crippen LogP) is 2.10. The van der Waals surface area contributed by atoms with Gasteiger partial charge in [0.05, 0.1) is 11.8 Å². The van der Waals surface area contributed by atoms with Crippen molar-refractivity contribution < 1.29 is 4.79 Å². The van der Waals surface area contributed by atoms with Crippen LogP contribution in [-0.4, -0.2) is 27.5 Å². The quantitative estimate of drug-likeness (QED) is 0.617. The number of thioether (sulfide) groups is 1. The van der Waals surface area contributed by atoms with Crippen molar-refractivity contribution in [3.05, 3.63) is 0 Å². The first-order chi connectivity index (χ1) is 5.44. The minimum atomic E-state index is 0.263. The Labute approximate surface area is 78.7 Å². The Kier molecular flexibility index (Phi) is 2.71. The molecule has 2 nitrogen and oxygen atoms in total. The molecule has 0 aromatic rings. The molecule has 1 amide bonds. The third-order valence-corrected chi connectivity index (χ3v) is 3.25. The van der Waals surface area contributed by atoms with Crippen molar-refractivity contribution >= 4 is 17.7 Å². The van der Waals surface area contributed by atoms with Gasteiger partial charge in [-0.15, -0.1) is 11.8 Å². The maximum atomic E-state index is 11.1. The van der Waals surface area contributed by atoms with Gasteiger partial charge in [-0.1, -0.05) is 20.8 Å². The van der Waals surface area contributed by atoms with Crippen molar-refractivity contribution in [3.8, 4) is 0 Å². The number of nitrogens with zero attached hydrogens (tertiary/aromatic N) is 1. The highest BCUT2D eigenvalue weighted by Gasteiger charge is 2.37. The van der Waals surface area contributed by atoms with Crippen LogP contribution in [-0.2, 0) is 4.79 Å². The van der Waals surface area contributed by atoms with Crippen LogP contribution >= 0.6 is 11.8 Å². The van der Waals surface area contributed by atoms with Gasteiger partial charge in [0.25, 0.3) is 0 Å². The summed E-state index contributed by atoms with van der Waals surface area (Å²) >= 11 is 1.89. The van der Waals surface area contributed by atoms with E-state index < -0.39 is 0 Å². The first-order valence-electron chi connectivity index (χ1n) is 4.41. The fraction of sp³-hybridized carbons (Fsp3) is 0.889. The number of carbonyl (C=O) groups is 1.